The number of nitrogens with zero attached hydrogens (tertiary/aromatic N) is 3. The molecule has 10 aromatic rings. The number of furan rings is 1. The highest BCUT2D eigenvalue weighted by Gasteiger charge is 2.51. The van der Waals surface area contributed by atoms with Gasteiger partial charge in [0, 0.05) is 27.3 Å². The average molecular weight is 812 g/mol. The Hall–Kier alpha value is -7.17. The normalized spacial score (nSPS) is 20.2. The van der Waals surface area contributed by atoms with Crippen LogP contribution in [0.3, 0.4) is 0 Å². The van der Waals surface area contributed by atoms with Gasteiger partial charge in [-0.05, 0) is 124 Å². The van der Waals surface area contributed by atoms with E-state index in [0.29, 0.717) is 22.9 Å². The van der Waals surface area contributed by atoms with Gasteiger partial charge in [-0.3, -0.25) is 0 Å². The highest BCUT2D eigenvalue weighted by molar-refractivity contribution is 6.18. The maximum Gasteiger partial charge on any atom is 0.168 e. The molecule has 0 N–H and O–H groups in total. The van der Waals surface area contributed by atoms with Crippen molar-refractivity contribution in [3.8, 4) is 67.5 Å². The van der Waals surface area contributed by atoms with Crippen LogP contribution in [-0.2, 0) is 5.41 Å². The van der Waals surface area contributed by atoms with Crippen molar-refractivity contribution in [3.05, 3.63) is 188 Å². The zero-order valence-electron chi connectivity index (χ0n) is 35.0. The second-order valence-electron chi connectivity index (χ2n) is 18.6. The first-order valence-electron chi connectivity index (χ1n) is 22.7. The molecular formula is C59H45N3O. The summed E-state index contributed by atoms with van der Waals surface area (Å²) in [6, 6.07) is 65.0. The largest absolute Gasteiger partial charge is 0.455 e. The van der Waals surface area contributed by atoms with E-state index >= 15 is 0 Å². The maximum absolute atomic E-state index is 7.16. The molecule has 4 heteroatoms. The molecule has 0 saturated heterocycles. The zero-order valence-corrected chi connectivity index (χ0v) is 35.0. The van der Waals surface area contributed by atoms with Crippen molar-refractivity contribution in [3.63, 3.8) is 0 Å². The van der Waals surface area contributed by atoms with Crippen molar-refractivity contribution in [2.24, 2.45) is 17.8 Å². The van der Waals surface area contributed by atoms with Crippen LogP contribution < -0.4 is 0 Å². The molecule has 14 rings (SSSR count). The summed E-state index contributed by atoms with van der Waals surface area (Å²) in [4.78, 5) is 16.3. The minimum absolute atomic E-state index is 0.318. The second kappa shape index (κ2) is 14.5. The van der Waals surface area contributed by atoms with Gasteiger partial charge in [0.25, 0.3) is 0 Å². The van der Waals surface area contributed by atoms with Crippen molar-refractivity contribution in [1.82, 2.24) is 15.0 Å². The number of benzene rings is 8. The Morgan fingerprint density at radius 1 is 0.381 bits per heavy atom. The predicted octanol–water partition coefficient (Wildman–Crippen LogP) is 15.4. The number of hydrogen-bond donors (Lipinski definition) is 0. The first-order valence-corrected chi connectivity index (χ1v) is 22.7. The van der Waals surface area contributed by atoms with Crippen molar-refractivity contribution >= 4 is 32.7 Å². The van der Waals surface area contributed by atoms with Crippen LogP contribution >= 0.6 is 0 Å². The summed E-state index contributed by atoms with van der Waals surface area (Å²) >= 11 is 0. The summed E-state index contributed by atoms with van der Waals surface area (Å²) in [5.74, 6) is 4.47. The lowest BCUT2D eigenvalue weighted by Gasteiger charge is -2.57. The molecule has 0 atom stereocenters. The van der Waals surface area contributed by atoms with Crippen molar-refractivity contribution in [1.29, 1.82) is 0 Å². The lowest BCUT2D eigenvalue weighted by atomic mass is 9.48. The molecule has 302 valence electrons. The third-order valence-electron chi connectivity index (χ3n) is 14.7. The number of fused-ring (bicyclic) bond motifs is 5. The van der Waals surface area contributed by atoms with Gasteiger partial charge < -0.3 is 4.42 Å². The van der Waals surface area contributed by atoms with E-state index in [4.69, 9.17) is 19.4 Å². The van der Waals surface area contributed by atoms with Crippen LogP contribution in [0.2, 0.25) is 0 Å². The minimum Gasteiger partial charge on any atom is -0.455 e. The molecule has 0 amide bonds. The molecule has 0 radical (unpaired) electrons. The van der Waals surface area contributed by atoms with Gasteiger partial charge in [-0.15, -0.1) is 0 Å². The summed E-state index contributed by atoms with van der Waals surface area (Å²) in [6.07, 6.45) is 8.35. The van der Waals surface area contributed by atoms with E-state index in [1.807, 2.05) is 0 Å². The molecule has 4 bridgehead atoms. The Kier molecular flexibility index (Phi) is 8.37. The SMILES string of the molecule is c1ccc(-c2cccc(-c3nc(-c4ccccc4-c4ccccc4)nc(-c4c(-c5ccc(C67CC8CC(CC(C8)C6)C7)cc5)ccc5c4oc4c6ccccc6ccc54)n3)c2)cc1. The topological polar surface area (TPSA) is 51.8 Å². The Balaban J connectivity index is 1.06. The Labute approximate surface area is 367 Å². The van der Waals surface area contributed by atoms with Crippen molar-refractivity contribution in [2.45, 2.75) is 43.9 Å². The first-order chi connectivity index (χ1) is 31.1. The maximum atomic E-state index is 7.16. The van der Waals surface area contributed by atoms with Gasteiger partial charge in [0.05, 0.1) is 5.56 Å². The van der Waals surface area contributed by atoms with Crippen LogP contribution in [0.25, 0.3) is 100 Å². The zero-order chi connectivity index (χ0) is 41.5. The third kappa shape index (κ3) is 6.14. The summed E-state index contributed by atoms with van der Waals surface area (Å²) in [5.41, 5.74) is 12.8. The van der Waals surface area contributed by atoms with Gasteiger partial charge in [-0.25, -0.2) is 15.0 Å². The standard InChI is InChI=1S/C59H45N3O/c1-3-12-40(13-4-1)44-17-11-18-45(33-44)56-60-57(52-21-10-9-19-47(52)41-14-5-2-6-15-41)62-58(61-56)53-48(28-29-51-50-27-24-42-16-7-8-20-49(42)54(50)63-55(51)53)43-22-25-46(26-23-43)59-34-37-30-38(35-59)32-39(31-37)36-59/h1-29,33,37-39H,30-32,34-36H2. The molecule has 0 unspecified atom stereocenters. The van der Waals surface area contributed by atoms with E-state index in [-0.39, 0.29) is 0 Å². The lowest BCUT2D eigenvalue weighted by Crippen LogP contribution is -2.48. The smallest absolute Gasteiger partial charge is 0.168 e. The van der Waals surface area contributed by atoms with Gasteiger partial charge >= 0.3 is 0 Å². The van der Waals surface area contributed by atoms with Crippen LogP contribution in [0, 0.1) is 17.8 Å². The molecule has 4 aliphatic rings. The van der Waals surface area contributed by atoms with E-state index < -0.39 is 0 Å². The number of rotatable bonds is 7. The van der Waals surface area contributed by atoms with E-state index in [2.05, 4.69) is 182 Å². The molecule has 0 aliphatic heterocycles. The average Bonchev–Trinajstić information content (AvgIpc) is 3.73. The molecule has 2 aromatic heterocycles. The fourth-order valence-corrected chi connectivity index (χ4v) is 12.3. The molecule has 4 aliphatic carbocycles. The number of hydrogen-bond acceptors (Lipinski definition) is 4. The first kappa shape index (κ1) is 36.5. The summed E-state index contributed by atoms with van der Waals surface area (Å²) in [6.45, 7) is 0. The molecular weight excluding hydrogens is 767 g/mol. The van der Waals surface area contributed by atoms with E-state index in [0.717, 1.165) is 101 Å². The molecule has 8 aromatic carbocycles. The van der Waals surface area contributed by atoms with Crippen LogP contribution in [0.4, 0.5) is 0 Å². The van der Waals surface area contributed by atoms with E-state index in [1.54, 1.807) is 0 Å². The van der Waals surface area contributed by atoms with Crippen LogP contribution in [0.15, 0.2) is 186 Å². The van der Waals surface area contributed by atoms with Crippen LogP contribution in [0.5, 0.6) is 0 Å². The molecule has 4 fully saturated rings. The quantitative estimate of drug-likeness (QED) is 0.161. The highest BCUT2D eigenvalue weighted by Crippen LogP contribution is 2.61. The van der Waals surface area contributed by atoms with Crippen LogP contribution in [-0.4, -0.2) is 15.0 Å². The van der Waals surface area contributed by atoms with Crippen molar-refractivity contribution < 1.29 is 4.42 Å². The predicted molar refractivity (Wildman–Crippen MR) is 257 cm³/mol. The molecule has 0 spiro atoms. The van der Waals surface area contributed by atoms with Crippen LogP contribution in [0.1, 0.15) is 44.1 Å². The fraction of sp³-hybridized carbons (Fsp3) is 0.169. The fourth-order valence-electron chi connectivity index (χ4n) is 12.3. The highest BCUT2D eigenvalue weighted by atomic mass is 16.3. The monoisotopic (exact) mass is 811 g/mol. The van der Waals surface area contributed by atoms with Gasteiger partial charge in [0.2, 0.25) is 0 Å². The Bertz CT molecular complexity index is 3330. The van der Waals surface area contributed by atoms with Crippen molar-refractivity contribution in [2.75, 3.05) is 0 Å². The summed E-state index contributed by atoms with van der Waals surface area (Å²) in [7, 11) is 0. The molecule has 4 nitrogen and oxygen atoms in total. The summed E-state index contributed by atoms with van der Waals surface area (Å²) in [5, 5.41) is 4.35. The summed E-state index contributed by atoms with van der Waals surface area (Å²) < 4.78 is 7.16. The molecule has 4 saturated carbocycles. The second-order valence-corrected chi connectivity index (χ2v) is 18.6. The van der Waals surface area contributed by atoms with E-state index in [9.17, 15) is 0 Å². The minimum atomic E-state index is 0.318. The Morgan fingerprint density at radius 3 is 1.71 bits per heavy atom. The Morgan fingerprint density at radius 2 is 0.952 bits per heavy atom. The lowest BCUT2D eigenvalue weighted by molar-refractivity contribution is -0.00518. The van der Waals surface area contributed by atoms with Gasteiger partial charge in [0.15, 0.2) is 17.5 Å². The van der Waals surface area contributed by atoms with Gasteiger partial charge in [-0.1, -0.05) is 164 Å². The third-order valence-corrected chi connectivity index (χ3v) is 14.7. The van der Waals surface area contributed by atoms with Gasteiger partial charge in [-0.2, -0.15) is 0 Å². The van der Waals surface area contributed by atoms with Gasteiger partial charge in [0.1, 0.15) is 11.2 Å². The van der Waals surface area contributed by atoms with E-state index in [1.165, 1.54) is 44.1 Å². The molecule has 2 heterocycles. The number of aromatic nitrogens is 3. The molecule has 63 heavy (non-hydrogen) atoms.